The normalized spacial score (nSPS) is 12.2. The van der Waals surface area contributed by atoms with Crippen LogP contribution in [0.3, 0.4) is 0 Å². The summed E-state index contributed by atoms with van der Waals surface area (Å²) in [6.45, 7) is 2.89. The van der Waals surface area contributed by atoms with Gasteiger partial charge in [-0.25, -0.2) is 4.98 Å². The lowest BCUT2D eigenvalue weighted by atomic mass is 10.2. The maximum Gasteiger partial charge on any atom is 0.210 e. The van der Waals surface area contributed by atoms with Gasteiger partial charge in [0, 0.05) is 24.0 Å². The molecule has 0 aliphatic carbocycles. The predicted octanol–water partition coefficient (Wildman–Crippen LogP) is 4.05. The number of phenolic OH excluding ortho intramolecular Hbond substituents is 1. The van der Waals surface area contributed by atoms with Gasteiger partial charge in [-0.1, -0.05) is 11.1 Å². The summed E-state index contributed by atoms with van der Waals surface area (Å²) in [5.41, 5.74) is 1.55. The van der Waals surface area contributed by atoms with Gasteiger partial charge in [0.05, 0.1) is 13.0 Å². The molecule has 1 aromatic carbocycles. The van der Waals surface area contributed by atoms with Crippen LogP contribution in [0.15, 0.2) is 47.2 Å². The summed E-state index contributed by atoms with van der Waals surface area (Å²) in [7, 11) is 0. The van der Waals surface area contributed by atoms with Crippen molar-refractivity contribution in [2.45, 2.75) is 19.6 Å². The fourth-order valence-corrected chi connectivity index (χ4v) is 3.61. The van der Waals surface area contributed by atoms with Crippen LogP contribution in [0.25, 0.3) is 0 Å². The minimum atomic E-state index is -0.0779. The highest BCUT2D eigenvalue weighted by molar-refractivity contribution is 14.2. The SMILES string of the molecule is C[C@H](OPI)c1nccn1Cc1cc(C#Cc2ccc(O)cc2)on1. The van der Waals surface area contributed by atoms with E-state index in [1.54, 1.807) is 30.5 Å². The van der Waals surface area contributed by atoms with E-state index in [9.17, 15) is 5.11 Å². The van der Waals surface area contributed by atoms with Crippen LogP contribution < -0.4 is 0 Å². The largest absolute Gasteiger partial charge is 0.508 e. The van der Waals surface area contributed by atoms with Gasteiger partial charge in [-0.15, -0.1) is 0 Å². The Morgan fingerprint density at radius 3 is 2.92 bits per heavy atom. The Hall–Kier alpha value is -1.88. The second-order valence-electron chi connectivity index (χ2n) is 5.23. The van der Waals surface area contributed by atoms with Crippen molar-refractivity contribution in [1.82, 2.24) is 14.7 Å². The van der Waals surface area contributed by atoms with E-state index in [0.717, 1.165) is 17.1 Å². The quantitative estimate of drug-likeness (QED) is 0.349. The first kappa shape index (κ1) is 17.9. The molecule has 6 nitrogen and oxygen atoms in total. The van der Waals surface area contributed by atoms with Gasteiger partial charge in [0.25, 0.3) is 0 Å². The molecule has 0 amide bonds. The second-order valence-corrected chi connectivity index (χ2v) is 6.94. The third-order valence-electron chi connectivity index (χ3n) is 3.42. The number of hydrogen-bond donors (Lipinski definition) is 1. The smallest absolute Gasteiger partial charge is 0.210 e. The van der Waals surface area contributed by atoms with E-state index in [-0.39, 0.29) is 11.9 Å². The van der Waals surface area contributed by atoms with E-state index in [2.05, 4.69) is 44.0 Å². The van der Waals surface area contributed by atoms with E-state index in [1.807, 2.05) is 23.8 Å². The van der Waals surface area contributed by atoms with Crippen molar-refractivity contribution in [3.05, 3.63) is 65.6 Å². The third-order valence-corrected chi connectivity index (χ3v) is 4.63. The summed E-state index contributed by atoms with van der Waals surface area (Å²) in [4.78, 5) is 4.35. The second kappa shape index (κ2) is 8.48. The van der Waals surface area contributed by atoms with Crippen LogP contribution in [0.4, 0.5) is 0 Å². The lowest BCUT2D eigenvalue weighted by Gasteiger charge is -2.12. The molecule has 1 N–H and O–H groups in total. The summed E-state index contributed by atoms with van der Waals surface area (Å²) < 4.78 is 12.9. The summed E-state index contributed by atoms with van der Waals surface area (Å²) >= 11 is 2.19. The topological polar surface area (TPSA) is 73.3 Å². The number of aromatic hydroxyl groups is 1. The molecule has 2 aromatic heterocycles. The monoisotopic (exact) mass is 467 g/mol. The van der Waals surface area contributed by atoms with Crippen LogP contribution in [0, 0.1) is 11.8 Å². The number of hydrogen-bond acceptors (Lipinski definition) is 5. The molecule has 0 bridgehead atoms. The number of halogens is 1. The highest BCUT2D eigenvalue weighted by Crippen LogP contribution is 2.31. The third kappa shape index (κ3) is 4.82. The molecule has 0 fully saturated rings. The van der Waals surface area contributed by atoms with Gasteiger partial charge >= 0.3 is 0 Å². The van der Waals surface area contributed by atoms with Gasteiger partial charge < -0.3 is 18.7 Å². The molecule has 0 saturated carbocycles. The molecular weight excluding hydrogens is 452 g/mol. The molecule has 25 heavy (non-hydrogen) atoms. The molecule has 8 heteroatoms. The van der Waals surface area contributed by atoms with Crippen LogP contribution in [0.1, 0.15) is 35.9 Å². The highest BCUT2D eigenvalue weighted by atomic mass is 127. The van der Waals surface area contributed by atoms with E-state index >= 15 is 0 Å². The van der Waals surface area contributed by atoms with Gasteiger partial charge in [0.15, 0.2) is 0 Å². The van der Waals surface area contributed by atoms with Crippen LogP contribution in [-0.4, -0.2) is 19.8 Å². The van der Waals surface area contributed by atoms with Gasteiger partial charge in [0.1, 0.15) is 23.4 Å². The molecule has 2 atom stereocenters. The first-order valence-corrected chi connectivity index (χ1v) is 11.5. The highest BCUT2D eigenvalue weighted by Gasteiger charge is 2.13. The summed E-state index contributed by atoms with van der Waals surface area (Å²) in [5, 5.41) is 13.3. The average molecular weight is 467 g/mol. The Labute approximate surface area is 159 Å². The lowest BCUT2D eigenvalue weighted by Crippen LogP contribution is -2.08. The number of benzene rings is 1. The summed E-state index contributed by atoms with van der Waals surface area (Å²) in [5.74, 6) is 7.45. The Morgan fingerprint density at radius 2 is 2.16 bits per heavy atom. The Kier molecular flexibility index (Phi) is 6.08. The van der Waals surface area contributed by atoms with Gasteiger partial charge in [-0.2, -0.15) is 0 Å². The van der Waals surface area contributed by atoms with Gasteiger partial charge in [-0.05, 0) is 59.2 Å². The van der Waals surface area contributed by atoms with Crippen molar-refractivity contribution < 1.29 is 14.2 Å². The molecule has 0 aliphatic rings. The lowest BCUT2D eigenvalue weighted by molar-refractivity contribution is 0.250. The van der Waals surface area contributed by atoms with Crippen molar-refractivity contribution in [3.8, 4) is 17.6 Å². The zero-order valence-corrected chi connectivity index (χ0v) is 16.5. The standard InChI is InChI=1S/C17H15IN3O3P/c1-12(24-25-18)17-19-8-9-21(17)11-14-10-16(23-20-14)7-4-13-2-5-15(22)6-3-13/h2-3,5-6,8-10,12,22,25H,11H2,1H3/t12-/m0/s1. The van der Waals surface area contributed by atoms with Crippen LogP contribution in [0.2, 0.25) is 0 Å². The molecule has 1 unspecified atom stereocenters. The van der Waals surface area contributed by atoms with Crippen molar-refractivity contribution in [1.29, 1.82) is 0 Å². The fourth-order valence-electron chi connectivity index (χ4n) is 2.23. The van der Waals surface area contributed by atoms with E-state index < -0.39 is 0 Å². The number of rotatable bonds is 5. The molecule has 0 spiro atoms. The van der Waals surface area contributed by atoms with Crippen molar-refractivity contribution in [3.63, 3.8) is 0 Å². The number of aromatic nitrogens is 3. The Bertz CT molecular complexity index is 896. The average Bonchev–Trinajstić information content (AvgIpc) is 3.24. The van der Waals surface area contributed by atoms with Gasteiger partial charge in [-0.3, -0.25) is 0 Å². The van der Waals surface area contributed by atoms with Crippen molar-refractivity contribution in [2.24, 2.45) is 0 Å². The van der Waals surface area contributed by atoms with Crippen LogP contribution in [-0.2, 0) is 11.1 Å². The van der Waals surface area contributed by atoms with Crippen LogP contribution >= 0.6 is 28.5 Å². The molecule has 2 heterocycles. The minimum Gasteiger partial charge on any atom is -0.508 e. The maximum absolute atomic E-state index is 9.27. The molecule has 0 radical (unpaired) electrons. The molecule has 0 saturated heterocycles. The molecular formula is C17H15IN3O3P. The van der Waals surface area contributed by atoms with Gasteiger partial charge in [0.2, 0.25) is 5.76 Å². The summed E-state index contributed by atoms with van der Waals surface area (Å²) in [6.07, 6.45) is 3.56. The Morgan fingerprint density at radius 1 is 1.36 bits per heavy atom. The first-order chi connectivity index (χ1) is 12.2. The van der Waals surface area contributed by atoms with E-state index in [0.29, 0.717) is 18.8 Å². The zero-order valence-electron chi connectivity index (χ0n) is 13.3. The van der Waals surface area contributed by atoms with E-state index in [1.165, 1.54) is 0 Å². The number of nitrogens with zero attached hydrogens (tertiary/aromatic N) is 3. The molecule has 128 valence electrons. The molecule has 3 rings (SSSR count). The number of imidazole rings is 1. The predicted molar refractivity (Wildman–Crippen MR) is 104 cm³/mol. The fraction of sp³-hybridized carbons (Fsp3) is 0.176. The van der Waals surface area contributed by atoms with Crippen LogP contribution in [0.5, 0.6) is 5.75 Å². The van der Waals surface area contributed by atoms with Crippen molar-refractivity contribution in [2.75, 3.05) is 0 Å². The Balaban J connectivity index is 1.71. The number of phenols is 1. The zero-order chi connectivity index (χ0) is 17.6. The summed E-state index contributed by atoms with van der Waals surface area (Å²) in [6, 6.07) is 8.48. The van der Waals surface area contributed by atoms with Crippen molar-refractivity contribution >= 4 is 28.5 Å². The first-order valence-electron chi connectivity index (χ1n) is 7.44. The molecule has 0 aliphatic heterocycles. The van der Waals surface area contributed by atoms with E-state index in [4.69, 9.17) is 9.05 Å². The maximum atomic E-state index is 9.27. The minimum absolute atomic E-state index is 0.0779. The molecule has 3 aromatic rings.